The van der Waals surface area contributed by atoms with Crippen molar-refractivity contribution in [3.63, 3.8) is 0 Å². The van der Waals surface area contributed by atoms with Gasteiger partial charge in [0.15, 0.2) is 6.61 Å². The molecule has 0 saturated carbocycles. The minimum atomic E-state index is -1.01. The van der Waals surface area contributed by atoms with Crippen molar-refractivity contribution in [2.75, 3.05) is 11.9 Å². The normalized spacial score (nSPS) is 13.5. The average Bonchev–Trinajstić information content (AvgIpc) is 3.18. The molecule has 1 atom stereocenters. The standard InChI is InChI=1S/C23H25FN2O4/c1-14(2)21(26-22(28)18-8-3-4-9-19(18)24)23(29)30-13-20(27)25-17-11-10-15-6-5-7-16(15)12-17/h3-4,8-12,14,21H,5-7,13H2,1-2H3,(H,25,27)(H,26,28)/t21-/m0/s1. The fourth-order valence-corrected chi connectivity index (χ4v) is 3.44. The molecule has 1 aliphatic rings. The lowest BCUT2D eigenvalue weighted by molar-refractivity contribution is -0.150. The van der Waals surface area contributed by atoms with Gasteiger partial charge in [-0.25, -0.2) is 9.18 Å². The summed E-state index contributed by atoms with van der Waals surface area (Å²) in [5, 5.41) is 5.21. The highest BCUT2D eigenvalue weighted by Gasteiger charge is 2.27. The van der Waals surface area contributed by atoms with Gasteiger partial charge in [-0.1, -0.05) is 32.0 Å². The maximum absolute atomic E-state index is 13.8. The lowest BCUT2D eigenvalue weighted by Crippen LogP contribution is -2.46. The molecule has 0 aliphatic heterocycles. The van der Waals surface area contributed by atoms with E-state index in [1.54, 1.807) is 13.8 Å². The topological polar surface area (TPSA) is 84.5 Å². The van der Waals surface area contributed by atoms with Crippen LogP contribution in [0.5, 0.6) is 0 Å². The number of halogens is 1. The Morgan fingerprint density at radius 2 is 1.80 bits per heavy atom. The number of anilines is 1. The number of hydrogen-bond acceptors (Lipinski definition) is 4. The second kappa shape index (κ2) is 9.52. The minimum Gasteiger partial charge on any atom is -0.454 e. The molecule has 0 aromatic heterocycles. The van der Waals surface area contributed by atoms with Crippen LogP contribution in [0.3, 0.4) is 0 Å². The first-order chi connectivity index (χ1) is 14.3. The van der Waals surface area contributed by atoms with Crippen LogP contribution in [0, 0.1) is 11.7 Å². The maximum Gasteiger partial charge on any atom is 0.329 e. The summed E-state index contributed by atoms with van der Waals surface area (Å²) in [7, 11) is 0. The van der Waals surface area contributed by atoms with E-state index in [1.807, 2.05) is 18.2 Å². The lowest BCUT2D eigenvalue weighted by atomic mass is 10.0. The molecule has 3 rings (SSSR count). The third kappa shape index (κ3) is 5.23. The van der Waals surface area contributed by atoms with Gasteiger partial charge in [-0.15, -0.1) is 0 Å². The number of benzene rings is 2. The van der Waals surface area contributed by atoms with Gasteiger partial charge in [0.05, 0.1) is 5.56 Å². The van der Waals surface area contributed by atoms with Crippen LogP contribution in [0.1, 0.15) is 41.8 Å². The van der Waals surface area contributed by atoms with E-state index in [4.69, 9.17) is 4.74 Å². The van der Waals surface area contributed by atoms with Crippen molar-refractivity contribution in [3.8, 4) is 0 Å². The summed E-state index contributed by atoms with van der Waals surface area (Å²) in [4.78, 5) is 36.9. The Kier molecular flexibility index (Phi) is 6.82. The summed E-state index contributed by atoms with van der Waals surface area (Å²) in [5.74, 6) is -2.93. The number of carbonyl (C=O) groups excluding carboxylic acids is 3. The van der Waals surface area contributed by atoms with Crippen molar-refractivity contribution in [2.24, 2.45) is 5.92 Å². The monoisotopic (exact) mass is 412 g/mol. The van der Waals surface area contributed by atoms with Gasteiger partial charge < -0.3 is 15.4 Å². The Morgan fingerprint density at radius 3 is 2.53 bits per heavy atom. The highest BCUT2D eigenvalue weighted by molar-refractivity contribution is 5.97. The molecule has 2 amide bonds. The summed E-state index contributed by atoms with van der Waals surface area (Å²) in [6.07, 6.45) is 3.15. The molecule has 158 valence electrons. The number of esters is 1. The van der Waals surface area contributed by atoms with E-state index < -0.39 is 36.2 Å². The molecule has 0 radical (unpaired) electrons. The van der Waals surface area contributed by atoms with Crippen molar-refractivity contribution in [3.05, 3.63) is 65.0 Å². The highest BCUT2D eigenvalue weighted by Crippen LogP contribution is 2.24. The van der Waals surface area contributed by atoms with Crippen LogP contribution in [0.2, 0.25) is 0 Å². The van der Waals surface area contributed by atoms with E-state index in [2.05, 4.69) is 10.6 Å². The van der Waals surface area contributed by atoms with E-state index in [1.165, 1.54) is 35.4 Å². The van der Waals surface area contributed by atoms with Gasteiger partial charge in [0.2, 0.25) is 0 Å². The molecule has 2 aromatic carbocycles. The first-order valence-corrected chi connectivity index (χ1v) is 9.99. The van der Waals surface area contributed by atoms with Gasteiger partial charge in [-0.3, -0.25) is 9.59 Å². The highest BCUT2D eigenvalue weighted by atomic mass is 19.1. The molecule has 1 aliphatic carbocycles. The maximum atomic E-state index is 13.8. The molecule has 2 N–H and O–H groups in total. The molecular weight excluding hydrogens is 387 g/mol. The summed E-state index contributed by atoms with van der Waals surface area (Å²) in [6.45, 7) is 2.96. The van der Waals surface area contributed by atoms with Crippen LogP contribution < -0.4 is 10.6 Å². The number of aryl methyl sites for hydroxylation is 2. The molecule has 0 fully saturated rings. The molecule has 0 heterocycles. The number of carbonyl (C=O) groups is 3. The van der Waals surface area contributed by atoms with Gasteiger partial charge in [0, 0.05) is 5.69 Å². The van der Waals surface area contributed by atoms with Crippen LogP contribution in [0.25, 0.3) is 0 Å². The third-order valence-corrected chi connectivity index (χ3v) is 5.05. The molecule has 30 heavy (non-hydrogen) atoms. The number of nitrogens with one attached hydrogen (secondary N) is 2. The summed E-state index contributed by atoms with van der Waals surface area (Å²) in [5.41, 5.74) is 3.01. The molecule has 0 saturated heterocycles. The molecule has 7 heteroatoms. The largest absolute Gasteiger partial charge is 0.454 e. The molecule has 0 spiro atoms. The number of ether oxygens (including phenoxy) is 1. The van der Waals surface area contributed by atoms with E-state index >= 15 is 0 Å². The molecule has 6 nitrogen and oxygen atoms in total. The zero-order valence-corrected chi connectivity index (χ0v) is 17.0. The number of hydrogen-bond donors (Lipinski definition) is 2. The van der Waals surface area contributed by atoms with Crippen molar-refractivity contribution < 1.29 is 23.5 Å². The number of rotatable bonds is 7. The lowest BCUT2D eigenvalue weighted by Gasteiger charge is -2.21. The second-order valence-electron chi connectivity index (χ2n) is 7.67. The first-order valence-electron chi connectivity index (χ1n) is 9.99. The van der Waals surface area contributed by atoms with E-state index in [0.29, 0.717) is 5.69 Å². The van der Waals surface area contributed by atoms with Gasteiger partial charge in [0.25, 0.3) is 11.8 Å². The van der Waals surface area contributed by atoms with E-state index in [0.717, 1.165) is 19.3 Å². The Morgan fingerprint density at radius 1 is 1.07 bits per heavy atom. The van der Waals surface area contributed by atoms with E-state index in [9.17, 15) is 18.8 Å². The average molecular weight is 412 g/mol. The van der Waals surface area contributed by atoms with Crippen LogP contribution in [0.15, 0.2) is 42.5 Å². The predicted molar refractivity (Wildman–Crippen MR) is 111 cm³/mol. The Labute approximate surface area is 174 Å². The summed E-state index contributed by atoms with van der Waals surface area (Å²) >= 11 is 0. The Bertz CT molecular complexity index is 958. The van der Waals surface area contributed by atoms with Crippen molar-refractivity contribution in [1.29, 1.82) is 0 Å². The Balaban J connectivity index is 1.55. The zero-order chi connectivity index (χ0) is 21.7. The minimum absolute atomic E-state index is 0.162. The van der Waals surface area contributed by atoms with Crippen molar-refractivity contribution in [2.45, 2.75) is 39.2 Å². The molecular formula is C23H25FN2O4. The van der Waals surface area contributed by atoms with Crippen molar-refractivity contribution in [1.82, 2.24) is 5.32 Å². The van der Waals surface area contributed by atoms with Gasteiger partial charge in [0.1, 0.15) is 11.9 Å². The van der Waals surface area contributed by atoms with Gasteiger partial charge in [-0.05, 0) is 60.6 Å². The number of fused-ring (bicyclic) bond motifs is 1. The third-order valence-electron chi connectivity index (χ3n) is 5.05. The molecule has 0 bridgehead atoms. The smallest absolute Gasteiger partial charge is 0.329 e. The molecule has 2 aromatic rings. The fourth-order valence-electron chi connectivity index (χ4n) is 3.44. The van der Waals surface area contributed by atoms with E-state index in [-0.39, 0.29) is 11.5 Å². The SMILES string of the molecule is CC(C)[C@H](NC(=O)c1ccccc1F)C(=O)OCC(=O)Nc1ccc2c(c1)CCC2. The van der Waals surface area contributed by atoms with Crippen molar-refractivity contribution >= 4 is 23.5 Å². The number of amides is 2. The quantitative estimate of drug-likeness (QED) is 0.684. The van der Waals surface area contributed by atoms with Gasteiger partial charge in [-0.2, -0.15) is 0 Å². The molecule has 0 unspecified atom stereocenters. The Hall–Kier alpha value is -3.22. The van der Waals surface area contributed by atoms with Crippen LogP contribution in [-0.4, -0.2) is 30.4 Å². The predicted octanol–water partition coefficient (Wildman–Crippen LogP) is 3.25. The van der Waals surface area contributed by atoms with Crippen LogP contribution >= 0.6 is 0 Å². The fraction of sp³-hybridized carbons (Fsp3) is 0.348. The van der Waals surface area contributed by atoms with Crippen LogP contribution in [-0.2, 0) is 27.2 Å². The summed E-state index contributed by atoms with van der Waals surface area (Å²) < 4.78 is 18.9. The van der Waals surface area contributed by atoms with Crippen LogP contribution in [0.4, 0.5) is 10.1 Å². The van der Waals surface area contributed by atoms with Gasteiger partial charge >= 0.3 is 5.97 Å². The second-order valence-corrected chi connectivity index (χ2v) is 7.67. The first kappa shape index (κ1) is 21.5. The zero-order valence-electron chi connectivity index (χ0n) is 17.0. The summed E-state index contributed by atoms with van der Waals surface area (Å²) in [6, 6.07) is 10.3.